The molecule has 0 atom stereocenters. The molecule has 1 aliphatic rings. The van der Waals surface area contributed by atoms with Crippen molar-refractivity contribution in [1.29, 1.82) is 0 Å². The van der Waals surface area contributed by atoms with Crippen LogP contribution in [0, 0.1) is 0 Å². The highest BCUT2D eigenvalue weighted by Gasteiger charge is 1.99. The Kier molecular flexibility index (Phi) is 3.02. The molecule has 2 rings (SSSR count). The SMILES string of the molecule is Clc1ccc(/C=C/C2=CCOC2)cc1. The molecule has 0 saturated carbocycles. The van der Waals surface area contributed by atoms with E-state index in [0.29, 0.717) is 0 Å². The van der Waals surface area contributed by atoms with Gasteiger partial charge in [-0.1, -0.05) is 42.0 Å². The Bertz CT molecular complexity index is 362. The van der Waals surface area contributed by atoms with Gasteiger partial charge in [0.05, 0.1) is 13.2 Å². The van der Waals surface area contributed by atoms with E-state index >= 15 is 0 Å². The van der Waals surface area contributed by atoms with Gasteiger partial charge in [-0.3, -0.25) is 0 Å². The molecule has 0 bridgehead atoms. The van der Waals surface area contributed by atoms with Gasteiger partial charge in [0.1, 0.15) is 0 Å². The molecule has 72 valence electrons. The fourth-order valence-corrected chi connectivity index (χ4v) is 1.42. The van der Waals surface area contributed by atoms with Crippen LogP contribution >= 0.6 is 11.6 Å². The summed E-state index contributed by atoms with van der Waals surface area (Å²) < 4.78 is 5.20. The molecule has 0 spiro atoms. The van der Waals surface area contributed by atoms with Gasteiger partial charge in [0.2, 0.25) is 0 Å². The monoisotopic (exact) mass is 206 g/mol. The summed E-state index contributed by atoms with van der Waals surface area (Å²) in [4.78, 5) is 0. The van der Waals surface area contributed by atoms with Gasteiger partial charge in [0.25, 0.3) is 0 Å². The topological polar surface area (TPSA) is 9.23 Å². The van der Waals surface area contributed by atoms with Gasteiger partial charge in [-0.05, 0) is 23.3 Å². The molecule has 0 aromatic heterocycles. The first kappa shape index (κ1) is 9.50. The Hall–Kier alpha value is -1.05. The van der Waals surface area contributed by atoms with Crippen molar-refractivity contribution in [1.82, 2.24) is 0 Å². The molecule has 0 aliphatic carbocycles. The second-order valence-corrected chi connectivity index (χ2v) is 3.62. The van der Waals surface area contributed by atoms with Gasteiger partial charge < -0.3 is 4.74 Å². The van der Waals surface area contributed by atoms with E-state index in [1.165, 1.54) is 5.57 Å². The second kappa shape index (κ2) is 4.45. The summed E-state index contributed by atoms with van der Waals surface area (Å²) >= 11 is 5.78. The summed E-state index contributed by atoms with van der Waals surface area (Å²) in [5.41, 5.74) is 2.39. The highest BCUT2D eigenvalue weighted by Crippen LogP contribution is 2.13. The predicted octanol–water partition coefficient (Wildman–Crippen LogP) is 3.31. The first-order valence-electron chi connectivity index (χ1n) is 4.55. The molecule has 0 radical (unpaired) electrons. The summed E-state index contributed by atoms with van der Waals surface area (Å²) in [7, 11) is 0. The highest BCUT2D eigenvalue weighted by molar-refractivity contribution is 6.30. The van der Waals surface area contributed by atoms with Crippen molar-refractivity contribution in [3.05, 3.63) is 52.6 Å². The Morgan fingerprint density at radius 2 is 1.93 bits per heavy atom. The third-order valence-corrected chi connectivity index (χ3v) is 2.34. The molecule has 14 heavy (non-hydrogen) atoms. The van der Waals surface area contributed by atoms with Gasteiger partial charge >= 0.3 is 0 Å². The Labute approximate surface area is 88.7 Å². The third-order valence-electron chi connectivity index (χ3n) is 2.09. The molecule has 1 heterocycles. The molecule has 1 nitrogen and oxygen atoms in total. The zero-order valence-corrected chi connectivity index (χ0v) is 8.50. The van der Waals surface area contributed by atoms with Crippen LogP contribution in [-0.4, -0.2) is 13.2 Å². The molecule has 0 unspecified atom stereocenters. The second-order valence-electron chi connectivity index (χ2n) is 3.18. The lowest BCUT2D eigenvalue weighted by atomic mass is 10.2. The van der Waals surface area contributed by atoms with Gasteiger partial charge in [-0.2, -0.15) is 0 Å². The molecular weight excluding hydrogens is 196 g/mol. The van der Waals surface area contributed by atoms with Crippen LogP contribution in [0.1, 0.15) is 5.56 Å². The molecular formula is C12H11ClO. The van der Waals surface area contributed by atoms with Crippen LogP contribution in [0.25, 0.3) is 6.08 Å². The maximum atomic E-state index is 5.78. The molecule has 1 aromatic carbocycles. The van der Waals surface area contributed by atoms with E-state index < -0.39 is 0 Å². The van der Waals surface area contributed by atoms with Crippen LogP contribution in [0.15, 0.2) is 42.0 Å². The van der Waals surface area contributed by atoms with Gasteiger partial charge in [0, 0.05) is 5.02 Å². The number of hydrogen-bond donors (Lipinski definition) is 0. The van der Waals surface area contributed by atoms with Crippen molar-refractivity contribution < 1.29 is 4.74 Å². The summed E-state index contributed by atoms with van der Waals surface area (Å²) in [5, 5.41) is 0.769. The third kappa shape index (κ3) is 2.47. The van der Waals surface area contributed by atoms with Crippen LogP contribution in [0.2, 0.25) is 5.02 Å². The number of ether oxygens (including phenoxy) is 1. The van der Waals surface area contributed by atoms with Crippen LogP contribution in [0.4, 0.5) is 0 Å². The molecule has 0 amide bonds. The summed E-state index contributed by atoms with van der Waals surface area (Å²) in [6.45, 7) is 1.46. The average Bonchev–Trinajstić information content (AvgIpc) is 2.70. The first-order chi connectivity index (χ1) is 6.84. The highest BCUT2D eigenvalue weighted by atomic mass is 35.5. The fraction of sp³-hybridized carbons (Fsp3) is 0.167. The van der Waals surface area contributed by atoms with E-state index in [2.05, 4.69) is 18.2 Å². The van der Waals surface area contributed by atoms with E-state index in [9.17, 15) is 0 Å². The zero-order valence-electron chi connectivity index (χ0n) is 7.74. The average molecular weight is 207 g/mol. The zero-order chi connectivity index (χ0) is 9.80. The van der Waals surface area contributed by atoms with Crippen molar-refractivity contribution in [3.63, 3.8) is 0 Å². The maximum Gasteiger partial charge on any atom is 0.0718 e. The fourth-order valence-electron chi connectivity index (χ4n) is 1.29. The number of rotatable bonds is 2. The summed E-state index contributed by atoms with van der Waals surface area (Å²) in [6.07, 6.45) is 6.24. The summed E-state index contributed by atoms with van der Waals surface area (Å²) in [5.74, 6) is 0. The minimum Gasteiger partial charge on any atom is -0.373 e. The van der Waals surface area contributed by atoms with Crippen LogP contribution < -0.4 is 0 Å². The Balaban J connectivity index is 2.06. The van der Waals surface area contributed by atoms with Crippen molar-refractivity contribution in [3.8, 4) is 0 Å². The van der Waals surface area contributed by atoms with Crippen molar-refractivity contribution in [2.24, 2.45) is 0 Å². The van der Waals surface area contributed by atoms with Crippen LogP contribution in [-0.2, 0) is 4.74 Å². The maximum absolute atomic E-state index is 5.78. The molecule has 1 aromatic rings. The lowest BCUT2D eigenvalue weighted by Gasteiger charge is -1.94. The molecule has 0 fully saturated rings. The Morgan fingerprint density at radius 3 is 2.57 bits per heavy atom. The predicted molar refractivity (Wildman–Crippen MR) is 59.4 cm³/mol. The number of halogens is 1. The largest absolute Gasteiger partial charge is 0.373 e. The summed E-state index contributed by atoms with van der Waals surface area (Å²) in [6, 6.07) is 7.77. The van der Waals surface area contributed by atoms with Crippen LogP contribution in [0.3, 0.4) is 0 Å². The molecule has 2 heteroatoms. The lowest BCUT2D eigenvalue weighted by molar-refractivity contribution is 0.210. The van der Waals surface area contributed by atoms with Crippen molar-refractivity contribution >= 4 is 17.7 Å². The quantitative estimate of drug-likeness (QED) is 0.722. The van der Waals surface area contributed by atoms with Crippen molar-refractivity contribution in [2.45, 2.75) is 0 Å². The normalized spacial score (nSPS) is 16.2. The van der Waals surface area contributed by atoms with Crippen molar-refractivity contribution in [2.75, 3.05) is 13.2 Å². The minimum absolute atomic E-state index is 0.726. The number of hydrogen-bond acceptors (Lipinski definition) is 1. The van der Waals surface area contributed by atoms with Gasteiger partial charge in [-0.15, -0.1) is 0 Å². The molecule has 0 N–H and O–H groups in total. The molecule has 0 saturated heterocycles. The standard InChI is InChI=1S/C12H11ClO/c13-12-5-3-10(4-6-12)1-2-11-7-8-14-9-11/h1-7H,8-9H2/b2-1+. The van der Waals surface area contributed by atoms with E-state index in [-0.39, 0.29) is 0 Å². The Morgan fingerprint density at radius 1 is 1.14 bits per heavy atom. The van der Waals surface area contributed by atoms with E-state index in [1.54, 1.807) is 0 Å². The first-order valence-corrected chi connectivity index (χ1v) is 4.93. The minimum atomic E-state index is 0.726. The van der Waals surface area contributed by atoms with Gasteiger partial charge in [-0.25, -0.2) is 0 Å². The van der Waals surface area contributed by atoms with E-state index in [4.69, 9.17) is 16.3 Å². The van der Waals surface area contributed by atoms with E-state index in [0.717, 1.165) is 23.8 Å². The van der Waals surface area contributed by atoms with E-state index in [1.807, 2.05) is 24.3 Å². The lowest BCUT2D eigenvalue weighted by Crippen LogP contribution is -1.83. The van der Waals surface area contributed by atoms with Crippen LogP contribution in [0.5, 0.6) is 0 Å². The molecule has 1 aliphatic heterocycles. The van der Waals surface area contributed by atoms with Gasteiger partial charge in [0.15, 0.2) is 0 Å². The number of benzene rings is 1. The smallest absolute Gasteiger partial charge is 0.0718 e.